The summed E-state index contributed by atoms with van der Waals surface area (Å²) < 4.78 is 5.72. The van der Waals surface area contributed by atoms with Crippen LogP contribution in [0.1, 0.15) is 39.2 Å². The number of rotatable bonds is 5. The number of ether oxygens (including phenoxy) is 1. The number of likely N-dealkylation sites (tertiary alicyclic amines) is 1. The van der Waals surface area contributed by atoms with Gasteiger partial charge >= 0.3 is 0 Å². The average Bonchev–Trinajstić information content (AvgIpc) is 2.45. The Balaban J connectivity index is 1.80. The van der Waals surface area contributed by atoms with Crippen LogP contribution >= 0.6 is 0 Å². The second kappa shape index (κ2) is 7.46. The van der Waals surface area contributed by atoms with Gasteiger partial charge in [-0.05, 0) is 44.4 Å². The predicted octanol–water partition coefficient (Wildman–Crippen LogP) is 2.57. The lowest BCUT2D eigenvalue weighted by atomic mass is 10.0. The molecule has 0 unspecified atom stereocenters. The average molecular weight is 290 g/mol. The van der Waals surface area contributed by atoms with Crippen LogP contribution in [0.25, 0.3) is 0 Å². The fourth-order valence-corrected chi connectivity index (χ4v) is 2.66. The SMILES string of the molecule is CC(=O)N1CCC(NCc2cccc(OC(C)C)c2)CC1. The number of nitrogens with zero attached hydrogens (tertiary/aromatic N) is 1. The minimum atomic E-state index is 0.187. The number of piperidine rings is 1. The highest BCUT2D eigenvalue weighted by Gasteiger charge is 2.19. The molecule has 1 amide bonds. The van der Waals surface area contributed by atoms with E-state index in [9.17, 15) is 4.79 Å². The molecule has 0 bridgehead atoms. The summed E-state index contributed by atoms with van der Waals surface area (Å²) in [7, 11) is 0. The van der Waals surface area contributed by atoms with Crippen molar-refractivity contribution in [1.82, 2.24) is 10.2 Å². The maximum absolute atomic E-state index is 11.3. The van der Waals surface area contributed by atoms with Crippen LogP contribution in [0.3, 0.4) is 0 Å². The lowest BCUT2D eigenvalue weighted by molar-refractivity contribution is -0.129. The fraction of sp³-hybridized carbons (Fsp3) is 0.588. The third kappa shape index (κ3) is 5.05. The van der Waals surface area contributed by atoms with E-state index < -0.39 is 0 Å². The molecule has 1 aliphatic rings. The molecule has 1 fully saturated rings. The second-order valence-corrected chi connectivity index (χ2v) is 5.98. The Morgan fingerprint density at radius 2 is 2.10 bits per heavy atom. The highest BCUT2D eigenvalue weighted by atomic mass is 16.5. The van der Waals surface area contributed by atoms with Crippen LogP contribution in [0.4, 0.5) is 0 Å². The van der Waals surface area contributed by atoms with Crippen LogP contribution < -0.4 is 10.1 Å². The fourth-order valence-electron chi connectivity index (χ4n) is 2.66. The molecule has 1 saturated heterocycles. The maximum atomic E-state index is 11.3. The highest BCUT2D eigenvalue weighted by molar-refractivity contribution is 5.73. The summed E-state index contributed by atoms with van der Waals surface area (Å²) in [4.78, 5) is 13.2. The van der Waals surface area contributed by atoms with E-state index in [0.717, 1.165) is 38.2 Å². The first-order valence-electron chi connectivity index (χ1n) is 7.79. The van der Waals surface area contributed by atoms with Crippen molar-refractivity contribution in [2.45, 2.75) is 52.3 Å². The molecule has 1 aliphatic heterocycles. The van der Waals surface area contributed by atoms with E-state index in [2.05, 4.69) is 17.4 Å². The number of benzene rings is 1. The first-order chi connectivity index (χ1) is 10.0. The molecule has 1 aromatic carbocycles. The Hall–Kier alpha value is -1.55. The van der Waals surface area contributed by atoms with Crippen molar-refractivity contribution in [3.63, 3.8) is 0 Å². The number of hydrogen-bond acceptors (Lipinski definition) is 3. The van der Waals surface area contributed by atoms with Crippen molar-refractivity contribution in [3.05, 3.63) is 29.8 Å². The molecule has 0 radical (unpaired) electrons. The molecule has 21 heavy (non-hydrogen) atoms. The highest BCUT2D eigenvalue weighted by Crippen LogP contribution is 2.16. The molecule has 1 heterocycles. The molecule has 0 aromatic heterocycles. The largest absolute Gasteiger partial charge is 0.491 e. The van der Waals surface area contributed by atoms with Crippen molar-refractivity contribution in [1.29, 1.82) is 0 Å². The van der Waals surface area contributed by atoms with Gasteiger partial charge in [0.25, 0.3) is 0 Å². The monoisotopic (exact) mass is 290 g/mol. The topological polar surface area (TPSA) is 41.6 Å². The van der Waals surface area contributed by atoms with E-state index in [1.165, 1.54) is 5.56 Å². The second-order valence-electron chi connectivity index (χ2n) is 5.98. The van der Waals surface area contributed by atoms with E-state index in [0.29, 0.717) is 6.04 Å². The number of carbonyl (C=O) groups is 1. The zero-order valence-electron chi connectivity index (χ0n) is 13.3. The van der Waals surface area contributed by atoms with Gasteiger partial charge in [-0.3, -0.25) is 4.79 Å². The molecule has 116 valence electrons. The van der Waals surface area contributed by atoms with E-state index in [-0.39, 0.29) is 12.0 Å². The summed E-state index contributed by atoms with van der Waals surface area (Å²) in [6, 6.07) is 8.74. The zero-order valence-corrected chi connectivity index (χ0v) is 13.3. The number of carbonyl (C=O) groups excluding carboxylic acids is 1. The number of amides is 1. The lowest BCUT2D eigenvalue weighted by Crippen LogP contribution is -2.43. The van der Waals surface area contributed by atoms with Crippen LogP contribution in [-0.2, 0) is 11.3 Å². The van der Waals surface area contributed by atoms with Crippen LogP contribution in [0.2, 0.25) is 0 Å². The summed E-state index contributed by atoms with van der Waals surface area (Å²) in [5.41, 5.74) is 1.24. The van der Waals surface area contributed by atoms with E-state index in [1.807, 2.05) is 30.9 Å². The van der Waals surface area contributed by atoms with Crippen molar-refractivity contribution < 1.29 is 9.53 Å². The molecule has 1 aromatic rings. The van der Waals surface area contributed by atoms with Gasteiger partial charge < -0.3 is 15.0 Å². The normalized spacial score (nSPS) is 16.3. The van der Waals surface area contributed by atoms with Crippen molar-refractivity contribution >= 4 is 5.91 Å². The maximum Gasteiger partial charge on any atom is 0.219 e. The van der Waals surface area contributed by atoms with Gasteiger partial charge in [0, 0.05) is 32.6 Å². The zero-order chi connectivity index (χ0) is 15.2. The lowest BCUT2D eigenvalue weighted by Gasteiger charge is -2.31. The molecule has 4 nitrogen and oxygen atoms in total. The third-order valence-corrected chi connectivity index (χ3v) is 3.81. The van der Waals surface area contributed by atoms with Gasteiger partial charge in [0.1, 0.15) is 5.75 Å². The summed E-state index contributed by atoms with van der Waals surface area (Å²) >= 11 is 0. The van der Waals surface area contributed by atoms with Gasteiger partial charge in [0.15, 0.2) is 0 Å². The van der Waals surface area contributed by atoms with Crippen LogP contribution in [0.15, 0.2) is 24.3 Å². The van der Waals surface area contributed by atoms with Gasteiger partial charge in [-0.2, -0.15) is 0 Å². The van der Waals surface area contributed by atoms with Crippen molar-refractivity contribution in [3.8, 4) is 5.75 Å². The van der Waals surface area contributed by atoms with Crippen LogP contribution in [0.5, 0.6) is 5.75 Å². The van der Waals surface area contributed by atoms with Gasteiger partial charge in [-0.15, -0.1) is 0 Å². The first kappa shape index (κ1) is 15.8. The molecular weight excluding hydrogens is 264 g/mol. The predicted molar refractivity (Wildman–Crippen MR) is 84.3 cm³/mol. The summed E-state index contributed by atoms with van der Waals surface area (Å²) in [6.07, 6.45) is 2.26. The standard InChI is InChI=1S/C17H26N2O2/c1-13(2)21-17-6-4-5-15(11-17)12-18-16-7-9-19(10-8-16)14(3)20/h4-6,11,13,16,18H,7-10,12H2,1-3H3. The summed E-state index contributed by atoms with van der Waals surface area (Å²) in [6.45, 7) is 8.29. The van der Waals surface area contributed by atoms with Crippen molar-refractivity contribution in [2.24, 2.45) is 0 Å². The van der Waals surface area contributed by atoms with Crippen molar-refractivity contribution in [2.75, 3.05) is 13.1 Å². The molecular formula is C17H26N2O2. The first-order valence-corrected chi connectivity index (χ1v) is 7.79. The van der Waals surface area contributed by atoms with E-state index in [4.69, 9.17) is 4.74 Å². The quantitative estimate of drug-likeness (QED) is 0.906. The molecule has 4 heteroatoms. The van der Waals surface area contributed by atoms with Gasteiger partial charge in [0.2, 0.25) is 5.91 Å². The third-order valence-electron chi connectivity index (χ3n) is 3.81. The summed E-state index contributed by atoms with van der Waals surface area (Å²) in [5.74, 6) is 1.11. The molecule has 0 aliphatic carbocycles. The smallest absolute Gasteiger partial charge is 0.219 e. The Labute approximate surface area is 127 Å². The molecule has 1 N–H and O–H groups in total. The van der Waals surface area contributed by atoms with Gasteiger partial charge in [0.05, 0.1) is 6.10 Å². The van der Waals surface area contributed by atoms with Crippen LogP contribution in [-0.4, -0.2) is 36.0 Å². The van der Waals surface area contributed by atoms with E-state index in [1.54, 1.807) is 6.92 Å². The Kier molecular flexibility index (Phi) is 5.62. The summed E-state index contributed by atoms with van der Waals surface area (Å²) in [5, 5.41) is 3.58. The molecule has 0 atom stereocenters. The minimum Gasteiger partial charge on any atom is -0.491 e. The van der Waals surface area contributed by atoms with E-state index >= 15 is 0 Å². The van der Waals surface area contributed by atoms with Gasteiger partial charge in [-0.25, -0.2) is 0 Å². The minimum absolute atomic E-state index is 0.187. The number of hydrogen-bond donors (Lipinski definition) is 1. The Morgan fingerprint density at radius 3 is 2.71 bits per heavy atom. The number of nitrogens with one attached hydrogen (secondary N) is 1. The molecule has 2 rings (SSSR count). The Morgan fingerprint density at radius 1 is 1.38 bits per heavy atom. The Bertz CT molecular complexity index is 466. The molecule has 0 saturated carbocycles. The molecule has 0 spiro atoms. The van der Waals surface area contributed by atoms with Crippen LogP contribution in [0, 0.1) is 0 Å². The van der Waals surface area contributed by atoms with Gasteiger partial charge in [-0.1, -0.05) is 12.1 Å².